The number of anilines is 1. The van der Waals surface area contributed by atoms with E-state index in [9.17, 15) is 14.3 Å². The second-order valence-electron chi connectivity index (χ2n) is 8.75. The van der Waals surface area contributed by atoms with Crippen LogP contribution in [0.3, 0.4) is 0 Å². The number of aliphatic hydroxyl groups is 1. The summed E-state index contributed by atoms with van der Waals surface area (Å²) < 4.78 is 13.8. The number of aliphatic hydroxyl groups excluding tert-OH is 1. The molecule has 0 aliphatic heterocycles. The van der Waals surface area contributed by atoms with Crippen LogP contribution in [-0.2, 0) is 24.1 Å². The standard InChI is InChI=1S/C29H26FN3O2/c30-22-15-16-23-21(18-22)14-17-24-26(23)33-27(28(35)20-11-5-2-6-12-20)29(31-24)32-25(34)13-7-10-19-8-3-1-4-9-19/h1-6,8-9,11-12,15-16,18,28,35H,7,10,13-14,17H2,(H,31,32,34). The lowest BCUT2D eigenvalue weighted by Crippen LogP contribution is -2.20. The molecular weight excluding hydrogens is 441 g/mol. The Hall–Kier alpha value is -3.90. The number of carbonyl (C=O) groups is 1. The third-order valence-electron chi connectivity index (χ3n) is 6.29. The van der Waals surface area contributed by atoms with E-state index < -0.39 is 6.10 Å². The number of rotatable bonds is 7. The van der Waals surface area contributed by atoms with Gasteiger partial charge in [0.25, 0.3) is 0 Å². The summed E-state index contributed by atoms with van der Waals surface area (Å²) in [4.78, 5) is 22.3. The Balaban J connectivity index is 1.44. The average molecular weight is 468 g/mol. The van der Waals surface area contributed by atoms with Crippen LogP contribution in [-0.4, -0.2) is 21.0 Å². The Bertz CT molecular complexity index is 1340. The van der Waals surface area contributed by atoms with Crippen LogP contribution in [0.15, 0.2) is 78.9 Å². The summed E-state index contributed by atoms with van der Waals surface area (Å²) in [7, 11) is 0. The van der Waals surface area contributed by atoms with E-state index >= 15 is 0 Å². The molecule has 2 N–H and O–H groups in total. The van der Waals surface area contributed by atoms with Gasteiger partial charge >= 0.3 is 0 Å². The maximum atomic E-state index is 13.8. The zero-order chi connectivity index (χ0) is 24.2. The molecular formula is C29H26FN3O2. The lowest BCUT2D eigenvalue weighted by atomic mass is 9.91. The zero-order valence-corrected chi connectivity index (χ0v) is 19.2. The van der Waals surface area contributed by atoms with Crippen molar-refractivity contribution in [2.24, 2.45) is 0 Å². The summed E-state index contributed by atoms with van der Waals surface area (Å²) in [6.07, 6.45) is 1.98. The van der Waals surface area contributed by atoms with E-state index in [0.717, 1.165) is 23.2 Å². The van der Waals surface area contributed by atoms with Crippen LogP contribution in [0.5, 0.6) is 0 Å². The van der Waals surface area contributed by atoms with Gasteiger partial charge in [0, 0.05) is 12.0 Å². The molecule has 0 fully saturated rings. The first kappa shape index (κ1) is 22.9. The van der Waals surface area contributed by atoms with Gasteiger partial charge in [-0.25, -0.2) is 14.4 Å². The molecule has 35 heavy (non-hydrogen) atoms. The van der Waals surface area contributed by atoms with Crippen LogP contribution in [0.1, 0.15) is 47.0 Å². The number of aryl methyl sites for hydroxylation is 3. The van der Waals surface area contributed by atoms with Gasteiger partial charge in [0.15, 0.2) is 5.82 Å². The molecule has 3 aromatic carbocycles. The summed E-state index contributed by atoms with van der Waals surface area (Å²) in [5.74, 6) is -0.186. The fraction of sp³-hybridized carbons (Fsp3) is 0.207. The molecule has 1 heterocycles. The molecule has 1 aromatic heterocycles. The summed E-state index contributed by atoms with van der Waals surface area (Å²) in [5, 5.41) is 14.1. The normalized spacial score (nSPS) is 13.0. The number of carbonyl (C=O) groups excluding carboxylic acids is 1. The lowest BCUT2D eigenvalue weighted by molar-refractivity contribution is -0.116. The minimum atomic E-state index is -1.07. The molecule has 4 aromatic rings. The van der Waals surface area contributed by atoms with Crippen molar-refractivity contribution in [1.29, 1.82) is 0 Å². The molecule has 6 heteroatoms. The van der Waals surface area contributed by atoms with Crippen LogP contribution < -0.4 is 5.32 Å². The van der Waals surface area contributed by atoms with Gasteiger partial charge in [0.2, 0.25) is 5.91 Å². The number of nitrogens with one attached hydrogen (secondary N) is 1. The van der Waals surface area contributed by atoms with Gasteiger partial charge in [-0.1, -0.05) is 60.7 Å². The van der Waals surface area contributed by atoms with Gasteiger partial charge in [-0.15, -0.1) is 0 Å². The van der Waals surface area contributed by atoms with Gasteiger partial charge < -0.3 is 10.4 Å². The third kappa shape index (κ3) is 5.12. The van der Waals surface area contributed by atoms with Crippen molar-refractivity contribution in [2.75, 3.05) is 5.32 Å². The highest BCUT2D eigenvalue weighted by molar-refractivity contribution is 5.90. The number of amides is 1. The Labute approximate surface area is 203 Å². The fourth-order valence-electron chi connectivity index (χ4n) is 4.49. The van der Waals surface area contributed by atoms with Gasteiger partial charge in [-0.3, -0.25) is 4.79 Å². The zero-order valence-electron chi connectivity index (χ0n) is 19.2. The van der Waals surface area contributed by atoms with E-state index in [1.165, 1.54) is 17.7 Å². The van der Waals surface area contributed by atoms with Crippen molar-refractivity contribution in [1.82, 2.24) is 9.97 Å². The molecule has 0 bridgehead atoms. The first-order chi connectivity index (χ1) is 17.1. The number of fused-ring (bicyclic) bond motifs is 3. The monoisotopic (exact) mass is 467 g/mol. The molecule has 0 saturated heterocycles. The minimum absolute atomic E-state index is 0.171. The van der Waals surface area contributed by atoms with Crippen LogP contribution in [0.4, 0.5) is 10.2 Å². The molecule has 1 atom stereocenters. The SMILES string of the molecule is O=C(CCCc1ccccc1)Nc1nc2c(nc1C(O)c1ccccc1)-c1ccc(F)cc1CC2. The molecule has 1 amide bonds. The Morgan fingerprint density at radius 2 is 1.71 bits per heavy atom. The summed E-state index contributed by atoms with van der Waals surface area (Å²) >= 11 is 0. The van der Waals surface area contributed by atoms with Crippen molar-refractivity contribution in [3.8, 4) is 11.3 Å². The predicted octanol–water partition coefficient (Wildman–Crippen LogP) is 5.42. The minimum Gasteiger partial charge on any atom is -0.382 e. The molecule has 5 rings (SSSR count). The highest BCUT2D eigenvalue weighted by atomic mass is 19.1. The molecule has 0 saturated carbocycles. The van der Waals surface area contributed by atoms with E-state index in [1.54, 1.807) is 18.2 Å². The van der Waals surface area contributed by atoms with E-state index in [1.807, 2.05) is 48.5 Å². The van der Waals surface area contributed by atoms with Crippen molar-refractivity contribution in [3.05, 3.63) is 113 Å². The topological polar surface area (TPSA) is 75.1 Å². The van der Waals surface area contributed by atoms with Crippen molar-refractivity contribution >= 4 is 11.7 Å². The number of hydrogen-bond acceptors (Lipinski definition) is 4. The number of nitrogens with zero attached hydrogens (tertiary/aromatic N) is 2. The second kappa shape index (κ2) is 10.2. The maximum absolute atomic E-state index is 13.8. The predicted molar refractivity (Wildman–Crippen MR) is 133 cm³/mol. The first-order valence-corrected chi connectivity index (χ1v) is 11.8. The molecule has 1 aliphatic rings. The quantitative estimate of drug-likeness (QED) is 0.380. The van der Waals surface area contributed by atoms with E-state index in [2.05, 4.69) is 5.32 Å². The van der Waals surface area contributed by atoms with Gasteiger partial charge in [-0.2, -0.15) is 0 Å². The second-order valence-corrected chi connectivity index (χ2v) is 8.75. The molecule has 0 spiro atoms. The number of hydrogen-bond donors (Lipinski definition) is 2. The molecule has 0 radical (unpaired) electrons. The molecule has 1 aliphatic carbocycles. The van der Waals surface area contributed by atoms with E-state index in [0.29, 0.717) is 36.9 Å². The molecule has 176 valence electrons. The van der Waals surface area contributed by atoms with Gasteiger partial charge in [0.05, 0.1) is 11.4 Å². The van der Waals surface area contributed by atoms with Crippen LogP contribution in [0, 0.1) is 5.82 Å². The highest BCUT2D eigenvalue weighted by Crippen LogP contribution is 2.35. The van der Waals surface area contributed by atoms with E-state index in [4.69, 9.17) is 9.97 Å². The Morgan fingerprint density at radius 3 is 2.49 bits per heavy atom. The summed E-state index contributed by atoms with van der Waals surface area (Å²) in [6, 6.07) is 23.8. The molecule has 1 unspecified atom stereocenters. The highest BCUT2D eigenvalue weighted by Gasteiger charge is 2.26. The number of halogens is 1. The van der Waals surface area contributed by atoms with Crippen molar-refractivity contribution in [3.63, 3.8) is 0 Å². The largest absolute Gasteiger partial charge is 0.382 e. The number of benzene rings is 3. The van der Waals surface area contributed by atoms with Crippen molar-refractivity contribution in [2.45, 2.75) is 38.2 Å². The Kier molecular flexibility index (Phi) is 6.64. The number of aromatic nitrogens is 2. The van der Waals surface area contributed by atoms with Crippen molar-refractivity contribution < 1.29 is 14.3 Å². The average Bonchev–Trinajstić information content (AvgIpc) is 2.89. The summed E-state index contributed by atoms with van der Waals surface area (Å²) in [5.41, 5.74) is 5.14. The van der Waals surface area contributed by atoms with Gasteiger partial charge in [-0.05, 0) is 60.6 Å². The fourth-order valence-corrected chi connectivity index (χ4v) is 4.49. The third-order valence-corrected chi connectivity index (χ3v) is 6.29. The maximum Gasteiger partial charge on any atom is 0.225 e. The Morgan fingerprint density at radius 1 is 0.971 bits per heavy atom. The smallest absolute Gasteiger partial charge is 0.225 e. The van der Waals surface area contributed by atoms with Crippen LogP contribution >= 0.6 is 0 Å². The lowest BCUT2D eigenvalue weighted by Gasteiger charge is -2.22. The van der Waals surface area contributed by atoms with Gasteiger partial charge in [0.1, 0.15) is 17.6 Å². The van der Waals surface area contributed by atoms with Crippen LogP contribution in [0.2, 0.25) is 0 Å². The summed E-state index contributed by atoms with van der Waals surface area (Å²) in [6.45, 7) is 0. The van der Waals surface area contributed by atoms with E-state index in [-0.39, 0.29) is 23.2 Å². The molecule has 5 nitrogen and oxygen atoms in total. The first-order valence-electron chi connectivity index (χ1n) is 11.8. The van der Waals surface area contributed by atoms with Crippen LogP contribution in [0.25, 0.3) is 11.3 Å².